The first-order valence-electron chi connectivity index (χ1n) is 7.97. The summed E-state index contributed by atoms with van der Waals surface area (Å²) in [5, 5.41) is 0. The molecule has 0 spiro atoms. The van der Waals surface area contributed by atoms with E-state index in [-0.39, 0.29) is 17.7 Å². The fourth-order valence-corrected chi connectivity index (χ4v) is 2.58. The molecule has 1 atom stereocenters. The van der Waals surface area contributed by atoms with Gasteiger partial charge in [0.1, 0.15) is 0 Å². The van der Waals surface area contributed by atoms with Gasteiger partial charge in [0, 0.05) is 12.0 Å². The van der Waals surface area contributed by atoms with E-state index in [1.165, 1.54) is 12.1 Å². The predicted molar refractivity (Wildman–Crippen MR) is 89.5 cm³/mol. The minimum Gasteiger partial charge on any atom is -0.298 e. The molecule has 1 aromatic rings. The van der Waals surface area contributed by atoms with E-state index >= 15 is 0 Å². The van der Waals surface area contributed by atoms with Crippen molar-refractivity contribution in [1.82, 2.24) is 4.90 Å². The summed E-state index contributed by atoms with van der Waals surface area (Å²) in [6, 6.07) is 4.57. The maximum absolute atomic E-state index is 12.7. The largest absolute Gasteiger partial charge is 0.416 e. The summed E-state index contributed by atoms with van der Waals surface area (Å²) in [5.74, 6) is 2.43. The number of carbonyl (C=O) groups excluding carboxylic acids is 1. The number of nitrogens with zero attached hydrogens (tertiary/aromatic N) is 1. The SMILES string of the molecule is C#CCN(C(C)C)[C@@H](Cc1ccc(C(F)(F)F)cc1)C(=O)C(C)C. The van der Waals surface area contributed by atoms with Crippen molar-refractivity contribution in [3.8, 4) is 12.3 Å². The number of carbonyl (C=O) groups is 1. The van der Waals surface area contributed by atoms with E-state index in [1.54, 1.807) is 0 Å². The van der Waals surface area contributed by atoms with Gasteiger partial charge in [-0.1, -0.05) is 31.9 Å². The van der Waals surface area contributed by atoms with Crippen molar-refractivity contribution in [3.05, 3.63) is 35.4 Å². The molecule has 1 rings (SSSR count). The molecule has 2 nitrogen and oxygen atoms in total. The van der Waals surface area contributed by atoms with Gasteiger partial charge in [-0.3, -0.25) is 9.69 Å². The van der Waals surface area contributed by atoms with Gasteiger partial charge in [0.25, 0.3) is 0 Å². The van der Waals surface area contributed by atoms with Crippen LogP contribution in [0.1, 0.15) is 38.8 Å². The van der Waals surface area contributed by atoms with E-state index in [4.69, 9.17) is 6.42 Å². The summed E-state index contributed by atoms with van der Waals surface area (Å²) in [5.41, 5.74) is -0.00741. The van der Waals surface area contributed by atoms with Gasteiger partial charge in [0.15, 0.2) is 5.78 Å². The molecule has 0 bridgehead atoms. The Morgan fingerprint density at radius 1 is 1.17 bits per heavy atom. The van der Waals surface area contributed by atoms with Crippen LogP contribution in [0.2, 0.25) is 0 Å². The van der Waals surface area contributed by atoms with Gasteiger partial charge in [0.05, 0.1) is 18.2 Å². The number of halogens is 3. The van der Waals surface area contributed by atoms with Crippen molar-refractivity contribution in [3.63, 3.8) is 0 Å². The Kier molecular flexibility index (Phi) is 7.04. The van der Waals surface area contributed by atoms with Crippen LogP contribution in [0.5, 0.6) is 0 Å². The van der Waals surface area contributed by atoms with Gasteiger partial charge in [-0.25, -0.2) is 0 Å². The highest BCUT2D eigenvalue weighted by Crippen LogP contribution is 2.29. The zero-order chi connectivity index (χ0) is 18.5. The van der Waals surface area contributed by atoms with Crippen LogP contribution in [-0.4, -0.2) is 29.3 Å². The molecule has 0 saturated heterocycles. The van der Waals surface area contributed by atoms with Crippen LogP contribution in [0.3, 0.4) is 0 Å². The topological polar surface area (TPSA) is 20.3 Å². The smallest absolute Gasteiger partial charge is 0.298 e. The molecule has 0 saturated carbocycles. The number of hydrogen-bond acceptors (Lipinski definition) is 2. The lowest BCUT2D eigenvalue weighted by Gasteiger charge is -2.33. The van der Waals surface area contributed by atoms with E-state index in [1.807, 2.05) is 32.6 Å². The van der Waals surface area contributed by atoms with E-state index < -0.39 is 17.8 Å². The molecule has 0 aromatic heterocycles. The first kappa shape index (κ1) is 20.2. The third kappa shape index (κ3) is 5.38. The average Bonchev–Trinajstić information content (AvgIpc) is 2.49. The molecule has 0 fully saturated rings. The van der Waals surface area contributed by atoms with Crippen LogP contribution in [0.15, 0.2) is 24.3 Å². The lowest BCUT2D eigenvalue weighted by molar-refractivity contribution is -0.137. The van der Waals surface area contributed by atoms with Crippen molar-refractivity contribution in [2.75, 3.05) is 6.54 Å². The van der Waals surface area contributed by atoms with Crippen LogP contribution < -0.4 is 0 Å². The summed E-state index contributed by atoms with van der Waals surface area (Å²) in [6.45, 7) is 7.85. The highest BCUT2D eigenvalue weighted by molar-refractivity contribution is 5.86. The number of terminal acetylenes is 1. The van der Waals surface area contributed by atoms with E-state index in [9.17, 15) is 18.0 Å². The van der Waals surface area contributed by atoms with Gasteiger partial charge in [-0.15, -0.1) is 6.42 Å². The van der Waals surface area contributed by atoms with Crippen LogP contribution in [0.4, 0.5) is 13.2 Å². The molecular weight excluding hydrogens is 315 g/mol. The molecule has 0 radical (unpaired) electrons. The van der Waals surface area contributed by atoms with Crippen LogP contribution in [0.25, 0.3) is 0 Å². The van der Waals surface area contributed by atoms with Gasteiger partial charge >= 0.3 is 6.18 Å². The first-order chi connectivity index (χ1) is 11.1. The molecule has 0 heterocycles. The fraction of sp³-hybridized carbons (Fsp3) is 0.526. The maximum Gasteiger partial charge on any atom is 0.416 e. The van der Waals surface area contributed by atoms with Gasteiger partial charge in [0.2, 0.25) is 0 Å². The second-order valence-corrected chi connectivity index (χ2v) is 6.44. The zero-order valence-electron chi connectivity index (χ0n) is 14.5. The zero-order valence-corrected chi connectivity index (χ0v) is 14.5. The highest BCUT2D eigenvalue weighted by Gasteiger charge is 2.31. The Bertz CT molecular complexity index is 582. The number of benzene rings is 1. The molecule has 0 unspecified atom stereocenters. The second-order valence-electron chi connectivity index (χ2n) is 6.44. The molecule has 24 heavy (non-hydrogen) atoms. The lowest BCUT2D eigenvalue weighted by atomic mass is 9.93. The minimum absolute atomic E-state index is 0.0406. The molecule has 0 amide bonds. The molecule has 5 heteroatoms. The number of ketones is 1. The van der Waals surface area contributed by atoms with Gasteiger partial charge < -0.3 is 0 Å². The van der Waals surface area contributed by atoms with Crippen LogP contribution >= 0.6 is 0 Å². The summed E-state index contributed by atoms with van der Waals surface area (Å²) in [7, 11) is 0. The Morgan fingerprint density at radius 2 is 1.71 bits per heavy atom. The summed E-state index contributed by atoms with van der Waals surface area (Å²) in [4.78, 5) is 14.5. The summed E-state index contributed by atoms with van der Waals surface area (Å²) >= 11 is 0. The highest BCUT2D eigenvalue weighted by atomic mass is 19.4. The Balaban J connectivity index is 3.08. The second kappa shape index (κ2) is 8.34. The standard InChI is InChI=1S/C19H24F3NO/c1-6-11-23(14(4)5)17(18(24)13(2)3)12-15-7-9-16(10-8-15)19(20,21)22/h1,7-10,13-14,17H,11-12H2,2-5H3/t17-/m0/s1. The van der Waals surface area contributed by atoms with Gasteiger partial charge in [-0.05, 0) is 38.0 Å². The van der Waals surface area contributed by atoms with Gasteiger partial charge in [-0.2, -0.15) is 13.2 Å². The summed E-state index contributed by atoms with van der Waals surface area (Å²) < 4.78 is 38.0. The molecule has 132 valence electrons. The van der Waals surface area contributed by atoms with E-state index in [2.05, 4.69) is 5.92 Å². The number of alkyl halides is 3. The van der Waals surface area contributed by atoms with Crippen molar-refractivity contribution < 1.29 is 18.0 Å². The lowest BCUT2D eigenvalue weighted by Crippen LogP contribution is -2.48. The molecule has 1 aromatic carbocycles. The minimum atomic E-state index is -4.36. The molecular formula is C19H24F3NO. The average molecular weight is 339 g/mol. The van der Waals surface area contributed by atoms with Crippen LogP contribution in [0, 0.1) is 18.3 Å². The molecule has 0 N–H and O–H groups in total. The van der Waals surface area contributed by atoms with Crippen LogP contribution in [-0.2, 0) is 17.4 Å². The van der Waals surface area contributed by atoms with E-state index in [0.29, 0.717) is 18.5 Å². The third-order valence-electron chi connectivity index (χ3n) is 3.95. The number of rotatable bonds is 7. The third-order valence-corrected chi connectivity index (χ3v) is 3.95. The number of Topliss-reactive ketones (excluding diaryl/α,β-unsaturated/α-hetero) is 1. The normalized spacial score (nSPS) is 13.4. The quantitative estimate of drug-likeness (QED) is 0.695. The molecule has 0 aliphatic carbocycles. The molecule has 0 aliphatic rings. The fourth-order valence-electron chi connectivity index (χ4n) is 2.58. The van der Waals surface area contributed by atoms with E-state index in [0.717, 1.165) is 12.1 Å². The maximum atomic E-state index is 12.7. The Labute approximate surface area is 142 Å². The first-order valence-corrected chi connectivity index (χ1v) is 7.97. The predicted octanol–water partition coefficient (Wildman–Crippen LogP) is 4.19. The Hall–Kier alpha value is -1.80. The Morgan fingerprint density at radius 3 is 2.08 bits per heavy atom. The monoisotopic (exact) mass is 339 g/mol. The molecule has 0 aliphatic heterocycles. The van der Waals surface area contributed by atoms with Crippen molar-refractivity contribution >= 4 is 5.78 Å². The van der Waals surface area contributed by atoms with Crippen molar-refractivity contribution in [2.45, 2.75) is 52.4 Å². The summed E-state index contributed by atoms with van der Waals surface area (Å²) in [6.07, 6.45) is 1.39. The number of hydrogen-bond donors (Lipinski definition) is 0. The van der Waals surface area contributed by atoms with Crippen molar-refractivity contribution in [2.24, 2.45) is 5.92 Å². The van der Waals surface area contributed by atoms with Crippen molar-refractivity contribution in [1.29, 1.82) is 0 Å².